The Morgan fingerprint density at radius 2 is 1.81 bits per heavy atom. The number of amides is 1. The van der Waals surface area contributed by atoms with Crippen LogP contribution in [0.15, 0.2) is 91.4 Å². The first-order valence-corrected chi connectivity index (χ1v) is 11.7. The Labute approximate surface area is 210 Å². The first-order chi connectivity index (χ1) is 17.7. The Kier molecular flexibility index (Phi) is 8.69. The Hall–Kier alpha value is -4.59. The lowest BCUT2D eigenvalue weighted by molar-refractivity contribution is -0.116. The van der Waals surface area contributed by atoms with E-state index < -0.39 is 0 Å². The van der Waals surface area contributed by atoms with Gasteiger partial charge in [0.25, 0.3) is 0 Å². The second kappa shape index (κ2) is 12.8. The zero-order valence-corrected chi connectivity index (χ0v) is 20.0. The molecule has 0 aliphatic rings. The molecule has 2 heterocycles. The molecule has 184 valence electrons. The average molecular weight is 485 g/mol. The molecule has 36 heavy (non-hydrogen) atoms. The molecule has 0 fully saturated rings. The lowest BCUT2D eigenvalue weighted by atomic mass is 10.2. The summed E-state index contributed by atoms with van der Waals surface area (Å²) in [5.41, 5.74) is 1.75. The average Bonchev–Trinajstić information content (AvgIpc) is 3.46. The van der Waals surface area contributed by atoms with Crippen LogP contribution in [-0.4, -0.2) is 40.5 Å². The van der Waals surface area contributed by atoms with Gasteiger partial charge in [-0.1, -0.05) is 24.3 Å². The van der Waals surface area contributed by atoms with Crippen molar-refractivity contribution in [3.05, 3.63) is 103 Å². The normalized spacial score (nSPS) is 10.8. The molecule has 0 atom stereocenters. The quantitative estimate of drug-likeness (QED) is 0.236. The standard InChI is InChI=1S/C28H28N4O4/c1-2-34-26-19-22(9-11-25(26)36-18-17-35-24-7-4-3-5-8-24)10-12-28(33)30-21-23-13-15-29-27(20-23)32-16-6-14-31-32/h3-16,19-20H,2,17-18,21H2,1H3,(H,30,33)/b12-10+. The summed E-state index contributed by atoms with van der Waals surface area (Å²) in [6.07, 6.45) is 8.44. The molecule has 0 spiro atoms. The van der Waals surface area contributed by atoms with Crippen molar-refractivity contribution in [3.8, 4) is 23.1 Å². The van der Waals surface area contributed by atoms with E-state index in [1.54, 1.807) is 23.2 Å². The maximum absolute atomic E-state index is 12.4. The van der Waals surface area contributed by atoms with E-state index in [2.05, 4.69) is 15.4 Å². The number of pyridine rings is 1. The second-order valence-electron chi connectivity index (χ2n) is 7.67. The number of benzene rings is 2. The summed E-state index contributed by atoms with van der Waals surface area (Å²) >= 11 is 0. The van der Waals surface area contributed by atoms with Crippen LogP contribution in [0.3, 0.4) is 0 Å². The van der Waals surface area contributed by atoms with Crippen molar-refractivity contribution in [2.45, 2.75) is 13.5 Å². The third-order valence-electron chi connectivity index (χ3n) is 5.06. The van der Waals surface area contributed by atoms with Crippen LogP contribution in [-0.2, 0) is 11.3 Å². The SMILES string of the molecule is CCOc1cc(/C=C/C(=O)NCc2ccnc(-n3cccn3)c2)ccc1OCCOc1ccccc1. The highest BCUT2D eigenvalue weighted by Crippen LogP contribution is 2.29. The van der Waals surface area contributed by atoms with Crippen LogP contribution in [0.4, 0.5) is 0 Å². The summed E-state index contributed by atoms with van der Waals surface area (Å²) in [4.78, 5) is 16.7. The predicted molar refractivity (Wildman–Crippen MR) is 137 cm³/mol. The van der Waals surface area contributed by atoms with Crippen LogP contribution in [0.1, 0.15) is 18.1 Å². The summed E-state index contributed by atoms with van der Waals surface area (Å²) < 4.78 is 18.9. The maximum atomic E-state index is 12.4. The Bertz CT molecular complexity index is 1270. The fourth-order valence-corrected chi connectivity index (χ4v) is 3.36. The summed E-state index contributed by atoms with van der Waals surface area (Å²) in [5.74, 6) is 2.53. The summed E-state index contributed by atoms with van der Waals surface area (Å²) in [5, 5.41) is 7.06. The van der Waals surface area contributed by atoms with Crippen molar-refractivity contribution in [2.24, 2.45) is 0 Å². The van der Waals surface area contributed by atoms with Gasteiger partial charge in [-0.15, -0.1) is 0 Å². The van der Waals surface area contributed by atoms with Gasteiger partial charge in [0.05, 0.1) is 6.61 Å². The molecule has 8 nitrogen and oxygen atoms in total. The van der Waals surface area contributed by atoms with Gasteiger partial charge in [-0.05, 0) is 66.6 Å². The van der Waals surface area contributed by atoms with Crippen LogP contribution >= 0.6 is 0 Å². The summed E-state index contributed by atoms with van der Waals surface area (Å²) in [7, 11) is 0. The molecule has 0 saturated heterocycles. The van der Waals surface area contributed by atoms with Crippen LogP contribution in [0, 0.1) is 0 Å². The first kappa shape index (κ1) is 24.5. The molecule has 0 unspecified atom stereocenters. The van der Waals surface area contributed by atoms with Crippen molar-refractivity contribution < 1.29 is 19.0 Å². The predicted octanol–water partition coefficient (Wildman–Crippen LogP) is 4.45. The van der Waals surface area contributed by atoms with Gasteiger partial charge in [0, 0.05) is 31.2 Å². The topological polar surface area (TPSA) is 87.5 Å². The van der Waals surface area contributed by atoms with Gasteiger partial charge in [0.2, 0.25) is 5.91 Å². The van der Waals surface area contributed by atoms with Gasteiger partial charge >= 0.3 is 0 Å². The number of carbonyl (C=O) groups is 1. The van der Waals surface area contributed by atoms with Crippen molar-refractivity contribution in [3.63, 3.8) is 0 Å². The first-order valence-electron chi connectivity index (χ1n) is 11.7. The lowest BCUT2D eigenvalue weighted by Crippen LogP contribution is -2.20. The molecule has 0 radical (unpaired) electrons. The highest BCUT2D eigenvalue weighted by Gasteiger charge is 2.07. The van der Waals surface area contributed by atoms with Gasteiger partial charge in [-0.2, -0.15) is 5.10 Å². The molecule has 1 amide bonds. The number of hydrogen-bond acceptors (Lipinski definition) is 6. The highest BCUT2D eigenvalue weighted by atomic mass is 16.5. The zero-order valence-electron chi connectivity index (χ0n) is 20.0. The molecule has 0 saturated carbocycles. The van der Waals surface area contributed by atoms with Crippen LogP contribution in [0.25, 0.3) is 11.9 Å². The monoisotopic (exact) mass is 484 g/mol. The van der Waals surface area contributed by atoms with Crippen LogP contribution in [0.2, 0.25) is 0 Å². The van der Waals surface area contributed by atoms with E-state index in [9.17, 15) is 4.79 Å². The number of carbonyl (C=O) groups excluding carboxylic acids is 1. The highest BCUT2D eigenvalue weighted by molar-refractivity contribution is 5.91. The van der Waals surface area contributed by atoms with Gasteiger partial charge in [0.15, 0.2) is 17.3 Å². The van der Waals surface area contributed by atoms with Crippen molar-refractivity contribution in [1.29, 1.82) is 0 Å². The smallest absolute Gasteiger partial charge is 0.244 e. The fraction of sp³-hybridized carbons (Fsp3) is 0.179. The molecule has 4 rings (SSSR count). The van der Waals surface area contributed by atoms with Crippen molar-refractivity contribution in [1.82, 2.24) is 20.1 Å². The number of para-hydroxylation sites is 1. The van der Waals surface area contributed by atoms with Crippen molar-refractivity contribution >= 4 is 12.0 Å². The molecule has 8 heteroatoms. The van der Waals surface area contributed by atoms with Crippen LogP contribution < -0.4 is 19.5 Å². The zero-order chi connectivity index (χ0) is 25.0. The van der Waals surface area contributed by atoms with Gasteiger partial charge in [-0.3, -0.25) is 4.79 Å². The minimum atomic E-state index is -0.205. The number of nitrogens with zero attached hydrogens (tertiary/aromatic N) is 3. The number of aromatic nitrogens is 3. The molecule has 0 bridgehead atoms. The van der Waals surface area contributed by atoms with Gasteiger partial charge in [0.1, 0.15) is 19.0 Å². The van der Waals surface area contributed by atoms with Gasteiger partial charge < -0.3 is 19.5 Å². The van der Waals surface area contributed by atoms with E-state index in [-0.39, 0.29) is 5.91 Å². The minimum Gasteiger partial charge on any atom is -0.490 e. The van der Waals surface area contributed by atoms with E-state index in [0.29, 0.717) is 43.7 Å². The molecule has 0 aliphatic heterocycles. The Morgan fingerprint density at radius 1 is 0.944 bits per heavy atom. The van der Waals surface area contributed by atoms with E-state index in [0.717, 1.165) is 16.9 Å². The fourth-order valence-electron chi connectivity index (χ4n) is 3.36. The molecule has 4 aromatic rings. The molecular weight excluding hydrogens is 456 g/mol. The van der Waals surface area contributed by atoms with E-state index in [4.69, 9.17) is 14.2 Å². The summed E-state index contributed by atoms with van der Waals surface area (Å²) in [6.45, 7) is 3.58. The third kappa shape index (κ3) is 7.20. The molecule has 1 N–H and O–H groups in total. The maximum Gasteiger partial charge on any atom is 0.244 e. The van der Waals surface area contributed by atoms with Crippen molar-refractivity contribution in [2.75, 3.05) is 19.8 Å². The number of ether oxygens (including phenoxy) is 3. The molecule has 2 aromatic carbocycles. The van der Waals surface area contributed by atoms with E-state index in [1.807, 2.05) is 79.9 Å². The molecule has 0 aliphatic carbocycles. The largest absolute Gasteiger partial charge is 0.490 e. The Balaban J connectivity index is 1.29. The molecular formula is C28H28N4O4. The molecule has 2 aromatic heterocycles. The Morgan fingerprint density at radius 3 is 2.61 bits per heavy atom. The van der Waals surface area contributed by atoms with Gasteiger partial charge in [-0.25, -0.2) is 9.67 Å². The van der Waals surface area contributed by atoms with E-state index >= 15 is 0 Å². The van der Waals surface area contributed by atoms with Crippen LogP contribution in [0.5, 0.6) is 17.2 Å². The third-order valence-corrected chi connectivity index (χ3v) is 5.06. The number of hydrogen-bond donors (Lipinski definition) is 1. The number of nitrogens with one attached hydrogen (secondary N) is 1. The minimum absolute atomic E-state index is 0.205. The number of rotatable bonds is 12. The lowest BCUT2D eigenvalue weighted by Gasteiger charge is -2.13. The summed E-state index contributed by atoms with van der Waals surface area (Å²) in [6, 6.07) is 20.7. The second-order valence-corrected chi connectivity index (χ2v) is 7.67. The van der Waals surface area contributed by atoms with E-state index in [1.165, 1.54) is 6.08 Å².